The van der Waals surface area contributed by atoms with Crippen LogP contribution < -0.4 is 0 Å². The Morgan fingerprint density at radius 3 is 2.41 bits per heavy atom. The van der Waals surface area contributed by atoms with Gasteiger partial charge in [-0.25, -0.2) is 0 Å². The fraction of sp³-hybridized carbons (Fsp3) is 0.700. The maximum Gasteiger partial charge on any atom is 0.306 e. The predicted octanol–water partition coefficient (Wildman–Crippen LogP) is 4.28. The average molecular weight is 511 g/mol. The lowest BCUT2D eigenvalue weighted by atomic mass is 9.41. The molecule has 5 rings (SSSR count). The molecule has 1 N–H and O–H groups in total. The lowest BCUT2D eigenvalue weighted by Gasteiger charge is -2.59. The lowest BCUT2D eigenvalue weighted by Crippen LogP contribution is -2.65. The Morgan fingerprint density at radius 2 is 1.78 bits per heavy atom. The molecule has 0 aromatic rings. The highest BCUT2D eigenvalue weighted by Crippen LogP contribution is 2.78. The first-order valence-corrected chi connectivity index (χ1v) is 13.4. The molecule has 1 spiro atoms. The van der Waals surface area contributed by atoms with Crippen molar-refractivity contribution in [3.05, 3.63) is 23.3 Å². The van der Waals surface area contributed by atoms with Crippen LogP contribution in [-0.2, 0) is 28.7 Å². The number of hydrogen-bond donors (Lipinski definition) is 1. The van der Waals surface area contributed by atoms with E-state index in [1.165, 1.54) is 13.0 Å². The molecule has 37 heavy (non-hydrogen) atoms. The normalized spacial score (nSPS) is 44.7. The van der Waals surface area contributed by atoms with Crippen molar-refractivity contribution in [1.29, 1.82) is 0 Å². The summed E-state index contributed by atoms with van der Waals surface area (Å²) < 4.78 is 6.54. The highest BCUT2D eigenvalue weighted by Gasteiger charge is 2.86. The van der Waals surface area contributed by atoms with Gasteiger partial charge in [0.25, 0.3) is 0 Å². The van der Waals surface area contributed by atoms with Crippen molar-refractivity contribution < 1.29 is 33.8 Å². The number of rotatable bonds is 5. The Kier molecular flexibility index (Phi) is 5.37. The van der Waals surface area contributed by atoms with Gasteiger partial charge in [0.05, 0.1) is 22.9 Å². The quantitative estimate of drug-likeness (QED) is 0.433. The molecule has 0 aromatic heterocycles. The van der Waals surface area contributed by atoms with Crippen molar-refractivity contribution in [1.82, 2.24) is 0 Å². The second-order valence-electron chi connectivity index (χ2n) is 13.4. The molecular weight excluding hydrogens is 472 g/mol. The van der Waals surface area contributed by atoms with Gasteiger partial charge in [-0.05, 0) is 55.7 Å². The zero-order chi connectivity index (χ0) is 27.5. The summed E-state index contributed by atoms with van der Waals surface area (Å²) in [5.41, 5.74) is -2.50. The number of fused-ring (bicyclic) bond motifs is 3. The molecule has 8 unspecified atom stereocenters. The van der Waals surface area contributed by atoms with Gasteiger partial charge in [0, 0.05) is 30.6 Å². The van der Waals surface area contributed by atoms with Gasteiger partial charge in [0.1, 0.15) is 17.2 Å². The van der Waals surface area contributed by atoms with E-state index in [0.29, 0.717) is 24.8 Å². The summed E-state index contributed by atoms with van der Waals surface area (Å²) in [5, 5.41) is 9.17. The van der Waals surface area contributed by atoms with Crippen LogP contribution in [0.15, 0.2) is 23.3 Å². The Hall–Kier alpha value is -2.41. The Morgan fingerprint density at radius 1 is 1.14 bits per heavy atom. The van der Waals surface area contributed by atoms with Crippen LogP contribution in [0.25, 0.3) is 0 Å². The minimum atomic E-state index is -1.09. The molecule has 200 valence electrons. The average Bonchev–Trinajstić information content (AvgIpc) is 3.49. The molecule has 4 aliphatic carbocycles. The van der Waals surface area contributed by atoms with E-state index < -0.39 is 45.1 Å². The van der Waals surface area contributed by atoms with E-state index in [1.807, 2.05) is 27.7 Å². The van der Waals surface area contributed by atoms with Crippen molar-refractivity contribution in [3.8, 4) is 0 Å². The number of aliphatic carboxylic acids is 1. The van der Waals surface area contributed by atoms with Crippen LogP contribution >= 0.6 is 0 Å². The summed E-state index contributed by atoms with van der Waals surface area (Å²) in [4.78, 5) is 64.8. The number of carboxylic acids is 1. The first kappa shape index (κ1) is 26.2. The molecule has 8 atom stereocenters. The van der Waals surface area contributed by atoms with Crippen molar-refractivity contribution in [2.75, 3.05) is 0 Å². The third kappa shape index (κ3) is 2.95. The molecule has 4 fully saturated rings. The molecule has 7 heteroatoms. The van der Waals surface area contributed by atoms with Gasteiger partial charge in [-0.15, -0.1) is 0 Å². The van der Waals surface area contributed by atoms with Crippen LogP contribution in [0, 0.1) is 39.4 Å². The molecule has 5 aliphatic rings. The van der Waals surface area contributed by atoms with Crippen LogP contribution in [0.2, 0.25) is 0 Å². The first-order chi connectivity index (χ1) is 17.0. The van der Waals surface area contributed by atoms with Gasteiger partial charge in [0.15, 0.2) is 11.6 Å². The summed E-state index contributed by atoms with van der Waals surface area (Å²) in [6.07, 6.45) is 4.67. The van der Waals surface area contributed by atoms with E-state index >= 15 is 0 Å². The standard InChI is InChI=1S/C30H38O7/c1-15(10-17(31)11-16(2)25(35)36)18-12-23(34)29(7)28(18,6)22(33)13-20-27(5)9-8-21(32)26(3,4)19(27)14-24-30(20,29)37-24/h10,13,16,18-19,24H,8-9,11-12,14H2,1-7H3,(H,35,36). The minimum Gasteiger partial charge on any atom is -0.481 e. The highest BCUT2D eigenvalue weighted by atomic mass is 16.6. The number of ether oxygens (including phenoxy) is 1. The molecule has 0 amide bonds. The summed E-state index contributed by atoms with van der Waals surface area (Å²) in [6, 6.07) is 0. The van der Waals surface area contributed by atoms with E-state index in [2.05, 4.69) is 6.92 Å². The van der Waals surface area contributed by atoms with Crippen LogP contribution in [-0.4, -0.2) is 45.9 Å². The second kappa shape index (κ2) is 7.58. The third-order valence-corrected chi connectivity index (χ3v) is 11.5. The van der Waals surface area contributed by atoms with E-state index in [9.17, 15) is 24.0 Å². The molecule has 0 aromatic carbocycles. The first-order valence-electron chi connectivity index (χ1n) is 13.4. The maximum absolute atomic E-state index is 14.1. The molecule has 1 aliphatic heterocycles. The Bertz CT molecular complexity index is 1220. The SMILES string of the molecule is CC(=CC(=O)CC(C)C(=O)O)C1CC(=O)C2(C)C1(C)C(=O)C=C1C3(C)CCC(=O)C(C)(C)C3CC3OC132. The number of ketones is 4. The topological polar surface area (TPSA) is 118 Å². The zero-order valence-electron chi connectivity index (χ0n) is 22.9. The fourth-order valence-corrected chi connectivity index (χ4v) is 8.94. The van der Waals surface area contributed by atoms with Gasteiger partial charge in [-0.1, -0.05) is 40.2 Å². The maximum atomic E-state index is 14.1. The van der Waals surface area contributed by atoms with E-state index in [-0.39, 0.29) is 48.0 Å². The molecule has 7 nitrogen and oxygen atoms in total. The predicted molar refractivity (Wildman–Crippen MR) is 134 cm³/mol. The molecule has 0 radical (unpaired) electrons. The number of carbonyl (C=O) groups is 5. The summed E-state index contributed by atoms with van der Waals surface area (Å²) in [5.74, 6) is -2.55. The number of epoxide rings is 1. The summed E-state index contributed by atoms with van der Waals surface area (Å²) in [6.45, 7) is 13.1. The highest BCUT2D eigenvalue weighted by molar-refractivity contribution is 6.08. The van der Waals surface area contributed by atoms with Crippen LogP contribution in [0.3, 0.4) is 0 Å². The van der Waals surface area contributed by atoms with Crippen LogP contribution in [0.5, 0.6) is 0 Å². The van der Waals surface area contributed by atoms with Crippen molar-refractivity contribution in [2.24, 2.45) is 39.4 Å². The molecule has 0 bridgehead atoms. The Balaban J connectivity index is 1.58. The summed E-state index contributed by atoms with van der Waals surface area (Å²) in [7, 11) is 0. The number of carboxylic acid groups (broad SMARTS) is 1. The van der Waals surface area contributed by atoms with Gasteiger partial charge in [0.2, 0.25) is 0 Å². The smallest absolute Gasteiger partial charge is 0.306 e. The van der Waals surface area contributed by atoms with Gasteiger partial charge >= 0.3 is 5.97 Å². The summed E-state index contributed by atoms with van der Waals surface area (Å²) >= 11 is 0. The van der Waals surface area contributed by atoms with Gasteiger partial charge in [-0.2, -0.15) is 0 Å². The number of carbonyl (C=O) groups excluding carboxylic acids is 4. The molecular formula is C30H38O7. The molecule has 1 heterocycles. The second-order valence-corrected chi connectivity index (χ2v) is 13.4. The number of allylic oxidation sites excluding steroid dienone is 3. The third-order valence-electron chi connectivity index (χ3n) is 11.5. The van der Waals surface area contributed by atoms with E-state index in [4.69, 9.17) is 9.84 Å². The van der Waals surface area contributed by atoms with Crippen molar-refractivity contribution in [3.63, 3.8) is 0 Å². The monoisotopic (exact) mass is 510 g/mol. The zero-order valence-corrected chi connectivity index (χ0v) is 22.9. The van der Waals surface area contributed by atoms with Crippen LogP contribution in [0.1, 0.15) is 80.6 Å². The fourth-order valence-electron chi connectivity index (χ4n) is 8.94. The molecule has 3 saturated carbocycles. The Labute approximate surface area is 218 Å². The number of Topliss-reactive ketones (excluding diaryl/α,β-unsaturated/α-hetero) is 2. The van der Waals surface area contributed by atoms with E-state index in [1.54, 1.807) is 13.0 Å². The lowest BCUT2D eigenvalue weighted by molar-refractivity contribution is -0.150. The largest absolute Gasteiger partial charge is 0.481 e. The van der Waals surface area contributed by atoms with Crippen LogP contribution in [0.4, 0.5) is 0 Å². The van der Waals surface area contributed by atoms with Crippen molar-refractivity contribution in [2.45, 2.75) is 92.3 Å². The molecule has 1 saturated heterocycles. The number of hydrogen-bond acceptors (Lipinski definition) is 6. The minimum absolute atomic E-state index is 0.0247. The van der Waals surface area contributed by atoms with Crippen molar-refractivity contribution >= 4 is 29.1 Å². The van der Waals surface area contributed by atoms with Gasteiger partial charge in [-0.3, -0.25) is 24.0 Å². The van der Waals surface area contributed by atoms with E-state index in [0.717, 1.165) is 5.57 Å². The van der Waals surface area contributed by atoms with Gasteiger partial charge < -0.3 is 9.84 Å².